The number of aliphatic hydroxyl groups is 1. The molecular weight excluding hydrogens is 276 g/mol. The summed E-state index contributed by atoms with van der Waals surface area (Å²) >= 11 is 1.53. The summed E-state index contributed by atoms with van der Waals surface area (Å²) in [5.74, 6) is 0. The van der Waals surface area contributed by atoms with E-state index < -0.39 is 6.10 Å². The minimum absolute atomic E-state index is 0.0378. The van der Waals surface area contributed by atoms with Crippen LogP contribution in [0.2, 0.25) is 0 Å². The van der Waals surface area contributed by atoms with E-state index in [0.29, 0.717) is 0 Å². The fourth-order valence-corrected chi connectivity index (χ4v) is 3.08. The molecular formula is C14H22N2O3S. The van der Waals surface area contributed by atoms with Crippen LogP contribution in [0.3, 0.4) is 0 Å². The van der Waals surface area contributed by atoms with E-state index >= 15 is 0 Å². The SMILES string of the molecule is CCC(NC(=O)NCC(O)c1ccsc1)C1CCCO1. The Hall–Kier alpha value is -1.11. The van der Waals surface area contributed by atoms with E-state index in [-0.39, 0.29) is 24.7 Å². The smallest absolute Gasteiger partial charge is 0.315 e. The largest absolute Gasteiger partial charge is 0.387 e. The second-order valence-corrected chi connectivity index (χ2v) is 5.77. The Morgan fingerprint density at radius 2 is 2.50 bits per heavy atom. The van der Waals surface area contributed by atoms with Gasteiger partial charge in [-0.15, -0.1) is 0 Å². The number of urea groups is 1. The van der Waals surface area contributed by atoms with Gasteiger partial charge in [-0.2, -0.15) is 11.3 Å². The molecule has 3 N–H and O–H groups in total. The van der Waals surface area contributed by atoms with Crippen LogP contribution < -0.4 is 10.6 Å². The van der Waals surface area contributed by atoms with E-state index in [1.54, 1.807) is 0 Å². The molecule has 1 aliphatic heterocycles. The number of carbonyl (C=O) groups is 1. The number of nitrogens with one attached hydrogen (secondary N) is 2. The fourth-order valence-electron chi connectivity index (χ4n) is 2.37. The first-order chi connectivity index (χ1) is 9.70. The van der Waals surface area contributed by atoms with Gasteiger partial charge in [-0.05, 0) is 41.7 Å². The molecule has 2 amide bonds. The number of hydrogen-bond acceptors (Lipinski definition) is 4. The topological polar surface area (TPSA) is 70.6 Å². The Morgan fingerprint density at radius 1 is 1.65 bits per heavy atom. The number of thiophene rings is 1. The monoisotopic (exact) mass is 298 g/mol. The Bertz CT molecular complexity index is 405. The summed E-state index contributed by atoms with van der Waals surface area (Å²) in [7, 11) is 0. The number of carbonyl (C=O) groups excluding carboxylic acids is 1. The third-order valence-corrected chi connectivity index (χ3v) is 4.26. The average molecular weight is 298 g/mol. The molecule has 2 heterocycles. The van der Waals surface area contributed by atoms with Crippen molar-refractivity contribution in [3.8, 4) is 0 Å². The lowest BCUT2D eigenvalue weighted by Gasteiger charge is -2.23. The Balaban J connectivity index is 1.73. The molecule has 0 bridgehead atoms. The molecule has 3 atom stereocenters. The van der Waals surface area contributed by atoms with E-state index in [2.05, 4.69) is 10.6 Å². The molecule has 2 rings (SSSR count). The van der Waals surface area contributed by atoms with Crippen LogP contribution in [0.25, 0.3) is 0 Å². The summed E-state index contributed by atoms with van der Waals surface area (Å²) in [6.07, 6.45) is 2.35. The van der Waals surface area contributed by atoms with E-state index in [1.165, 1.54) is 11.3 Å². The summed E-state index contributed by atoms with van der Waals surface area (Å²) in [6.45, 7) is 3.03. The molecule has 1 fully saturated rings. The molecule has 1 aromatic rings. The molecule has 3 unspecified atom stereocenters. The Morgan fingerprint density at radius 3 is 3.10 bits per heavy atom. The molecule has 0 radical (unpaired) electrons. The number of amides is 2. The maximum Gasteiger partial charge on any atom is 0.315 e. The highest BCUT2D eigenvalue weighted by molar-refractivity contribution is 7.07. The number of ether oxygens (including phenoxy) is 1. The number of aliphatic hydroxyl groups excluding tert-OH is 1. The van der Waals surface area contributed by atoms with Crippen molar-refractivity contribution < 1.29 is 14.6 Å². The Kier molecular flexibility index (Phi) is 5.82. The van der Waals surface area contributed by atoms with Gasteiger partial charge < -0.3 is 20.5 Å². The molecule has 20 heavy (non-hydrogen) atoms. The van der Waals surface area contributed by atoms with Gasteiger partial charge in [0.25, 0.3) is 0 Å². The fraction of sp³-hybridized carbons (Fsp3) is 0.643. The van der Waals surface area contributed by atoms with Crippen molar-refractivity contribution in [1.29, 1.82) is 0 Å². The van der Waals surface area contributed by atoms with Crippen LogP contribution in [-0.4, -0.2) is 36.4 Å². The molecule has 6 heteroatoms. The first-order valence-corrected chi connectivity index (χ1v) is 8.01. The van der Waals surface area contributed by atoms with E-state index in [0.717, 1.165) is 31.4 Å². The van der Waals surface area contributed by atoms with Gasteiger partial charge in [-0.1, -0.05) is 6.92 Å². The normalized spacial score (nSPS) is 21.4. The summed E-state index contributed by atoms with van der Waals surface area (Å²) in [5.41, 5.74) is 0.835. The van der Waals surface area contributed by atoms with E-state index in [1.807, 2.05) is 23.8 Å². The lowest BCUT2D eigenvalue weighted by molar-refractivity contribution is 0.0793. The van der Waals surface area contributed by atoms with Gasteiger partial charge in [0.05, 0.1) is 18.2 Å². The highest BCUT2D eigenvalue weighted by Gasteiger charge is 2.25. The maximum absolute atomic E-state index is 11.9. The minimum atomic E-state index is -0.658. The van der Waals surface area contributed by atoms with Gasteiger partial charge in [0.2, 0.25) is 0 Å². The number of rotatable bonds is 6. The van der Waals surface area contributed by atoms with E-state index in [4.69, 9.17) is 4.74 Å². The average Bonchev–Trinajstić information content (AvgIpc) is 3.14. The van der Waals surface area contributed by atoms with Crippen molar-refractivity contribution in [1.82, 2.24) is 10.6 Å². The van der Waals surface area contributed by atoms with E-state index in [9.17, 15) is 9.90 Å². The van der Waals surface area contributed by atoms with Crippen molar-refractivity contribution in [2.24, 2.45) is 0 Å². The molecule has 112 valence electrons. The van der Waals surface area contributed by atoms with Crippen molar-refractivity contribution in [3.63, 3.8) is 0 Å². The zero-order valence-electron chi connectivity index (χ0n) is 11.7. The summed E-state index contributed by atoms with van der Waals surface area (Å²) in [6, 6.07) is 1.65. The number of hydrogen-bond donors (Lipinski definition) is 3. The first kappa shape index (κ1) is 15.3. The van der Waals surface area contributed by atoms with Crippen LogP contribution in [-0.2, 0) is 4.74 Å². The lowest BCUT2D eigenvalue weighted by atomic mass is 10.1. The zero-order valence-corrected chi connectivity index (χ0v) is 12.5. The maximum atomic E-state index is 11.9. The van der Waals surface area contributed by atoms with Gasteiger partial charge in [0.15, 0.2) is 0 Å². The second-order valence-electron chi connectivity index (χ2n) is 4.99. The quantitative estimate of drug-likeness (QED) is 0.752. The highest BCUT2D eigenvalue weighted by atomic mass is 32.1. The van der Waals surface area contributed by atoms with Crippen molar-refractivity contribution >= 4 is 17.4 Å². The molecule has 1 aliphatic rings. The van der Waals surface area contributed by atoms with Crippen LogP contribution in [0.4, 0.5) is 4.79 Å². The minimum Gasteiger partial charge on any atom is -0.387 e. The third kappa shape index (κ3) is 4.19. The van der Waals surface area contributed by atoms with Gasteiger partial charge in [-0.3, -0.25) is 0 Å². The lowest BCUT2D eigenvalue weighted by Crippen LogP contribution is -2.48. The van der Waals surface area contributed by atoms with Crippen molar-refractivity contribution in [2.75, 3.05) is 13.2 Å². The van der Waals surface area contributed by atoms with Gasteiger partial charge in [0.1, 0.15) is 0 Å². The van der Waals surface area contributed by atoms with Gasteiger partial charge in [0, 0.05) is 13.2 Å². The van der Waals surface area contributed by atoms with Crippen LogP contribution >= 0.6 is 11.3 Å². The van der Waals surface area contributed by atoms with Gasteiger partial charge in [-0.25, -0.2) is 4.79 Å². The van der Waals surface area contributed by atoms with Crippen LogP contribution in [0.15, 0.2) is 16.8 Å². The van der Waals surface area contributed by atoms with Crippen LogP contribution in [0.5, 0.6) is 0 Å². The van der Waals surface area contributed by atoms with Crippen LogP contribution in [0, 0.1) is 0 Å². The molecule has 5 nitrogen and oxygen atoms in total. The molecule has 0 aliphatic carbocycles. The molecule has 1 saturated heterocycles. The predicted molar refractivity (Wildman–Crippen MR) is 78.9 cm³/mol. The van der Waals surface area contributed by atoms with Crippen molar-refractivity contribution in [3.05, 3.63) is 22.4 Å². The standard InChI is InChI=1S/C14H22N2O3S/c1-2-11(13-4-3-6-19-13)16-14(18)15-8-12(17)10-5-7-20-9-10/h5,7,9,11-13,17H,2-4,6,8H2,1H3,(H2,15,16,18). The molecule has 1 aromatic heterocycles. The summed E-state index contributed by atoms with van der Waals surface area (Å²) in [5, 5.41) is 19.3. The second kappa shape index (κ2) is 7.61. The highest BCUT2D eigenvalue weighted by Crippen LogP contribution is 2.18. The van der Waals surface area contributed by atoms with Crippen LogP contribution in [0.1, 0.15) is 37.9 Å². The summed E-state index contributed by atoms with van der Waals surface area (Å²) in [4.78, 5) is 11.9. The zero-order chi connectivity index (χ0) is 14.4. The third-order valence-electron chi connectivity index (χ3n) is 3.55. The van der Waals surface area contributed by atoms with Gasteiger partial charge >= 0.3 is 6.03 Å². The Labute approximate surface area is 123 Å². The molecule has 0 spiro atoms. The first-order valence-electron chi connectivity index (χ1n) is 7.06. The predicted octanol–water partition coefficient (Wildman–Crippen LogP) is 2.04. The molecule has 0 aromatic carbocycles. The summed E-state index contributed by atoms with van der Waals surface area (Å²) < 4.78 is 5.60. The van der Waals surface area contributed by atoms with Crippen molar-refractivity contribution in [2.45, 2.75) is 44.4 Å². The molecule has 0 saturated carbocycles.